The van der Waals surface area contributed by atoms with Crippen molar-refractivity contribution in [3.8, 4) is 0 Å². The molecule has 2 N–H and O–H groups in total. The average molecular weight is 362 g/mol. The first-order valence-electron chi connectivity index (χ1n) is 9.42. The zero-order valence-electron chi connectivity index (χ0n) is 15.0. The van der Waals surface area contributed by atoms with Gasteiger partial charge in [0.1, 0.15) is 5.82 Å². The quantitative estimate of drug-likeness (QED) is 0.815. The summed E-state index contributed by atoms with van der Waals surface area (Å²) in [7, 11) is 0. The van der Waals surface area contributed by atoms with Gasteiger partial charge in [0, 0.05) is 39.3 Å². The molecular formula is C19H27FN4O2. The molecule has 0 radical (unpaired) electrons. The summed E-state index contributed by atoms with van der Waals surface area (Å²) in [5, 5.41) is 6.07. The lowest BCUT2D eigenvalue weighted by Crippen LogP contribution is -2.55. The molecular weight excluding hydrogens is 335 g/mol. The highest BCUT2D eigenvalue weighted by Gasteiger charge is 2.28. The number of nitrogens with one attached hydrogen (secondary N) is 2. The van der Waals surface area contributed by atoms with E-state index in [-0.39, 0.29) is 23.4 Å². The Kier molecular flexibility index (Phi) is 6.57. The number of hydrogen-bond donors (Lipinski definition) is 2. The molecule has 2 saturated heterocycles. The molecule has 0 aliphatic carbocycles. The predicted octanol–water partition coefficient (Wildman–Crippen LogP) is 0.842. The van der Waals surface area contributed by atoms with E-state index in [4.69, 9.17) is 0 Å². The summed E-state index contributed by atoms with van der Waals surface area (Å²) < 4.78 is 13.6. The van der Waals surface area contributed by atoms with Gasteiger partial charge in [-0.1, -0.05) is 18.6 Å². The Morgan fingerprint density at radius 3 is 2.62 bits per heavy atom. The maximum atomic E-state index is 13.6. The molecule has 2 aliphatic heterocycles. The van der Waals surface area contributed by atoms with Gasteiger partial charge in [-0.15, -0.1) is 0 Å². The van der Waals surface area contributed by atoms with Gasteiger partial charge in [0.25, 0.3) is 5.91 Å². The first-order chi connectivity index (χ1) is 12.6. The summed E-state index contributed by atoms with van der Waals surface area (Å²) in [5.74, 6) is -0.675. The largest absolute Gasteiger partial charge is 0.351 e. The van der Waals surface area contributed by atoms with Crippen molar-refractivity contribution in [1.29, 1.82) is 0 Å². The molecule has 26 heavy (non-hydrogen) atoms. The second kappa shape index (κ2) is 9.09. The Morgan fingerprint density at radius 1 is 1.15 bits per heavy atom. The van der Waals surface area contributed by atoms with Crippen molar-refractivity contribution in [2.45, 2.75) is 25.3 Å². The number of carbonyl (C=O) groups excluding carboxylic acids is 2. The van der Waals surface area contributed by atoms with Crippen molar-refractivity contribution < 1.29 is 14.0 Å². The Morgan fingerprint density at radius 2 is 1.92 bits per heavy atom. The second-order valence-corrected chi connectivity index (χ2v) is 6.91. The van der Waals surface area contributed by atoms with Crippen molar-refractivity contribution in [1.82, 2.24) is 20.4 Å². The monoisotopic (exact) mass is 362 g/mol. The second-order valence-electron chi connectivity index (χ2n) is 6.91. The van der Waals surface area contributed by atoms with Gasteiger partial charge < -0.3 is 15.5 Å². The number of nitrogens with zero attached hydrogens (tertiary/aromatic N) is 2. The number of halogens is 1. The molecule has 1 aromatic carbocycles. The Labute approximate surface area is 153 Å². The molecule has 6 nitrogen and oxygen atoms in total. The zero-order chi connectivity index (χ0) is 18.4. The van der Waals surface area contributed by atoms with Crippen LogP contribution < -0.4 is 10.6 Å². The van der Waals surface area contributed by atoms with E-state index in [0.717, 1.165) is 52.0 Å². The highest BCUT2D eigenvalue weighted by Crippen LogP contribution is 2.12. The molecule has 0 bridgehead atoms. The van der Waals surface area contributed by atoms with Gasteiger partial charge >= 0.3 is 0 Å². The zero-order valence-corrected chi connectivity index (χ0v) is 15.0. The van der Waals surface area contributed by atoms with Gasteiger partial charge in [-0.05, 0) is 31.5 Å². The normalized spacial score (nSPS) is 21.4. The van der Waals surface area contributed by atoms with E-state index in [1.165, 1.54) is 12.1 Å². The minimum absolute atomic E-state index is 0.0182. The lowest BCUT2D eigenvalue weighted by atomic mass is 10.0. The summed E-state index contributed by atoms with van der Waals surface area (Å²) in [6, 6.07) is 5.96. The highest BCUT2D eigenvalue weighted by atomic mass is 19.1. The van der Waals surface area contributed by atoms with Gasteiger partial charge in [-0.3, -0.25) is 14.5 Å². The van der Waals surface area contributed by atoms with Crippen molar-refractivity contribution >= 4 is 11.8 Å². The molecule has 2 heterocycles. The van der Waals surface area contributed by atoms with E-state index in [1.54, 1.807) is 12.1 Å². The van der Waals surface area contributed by atoms with Crippen LogP contribution in [0, 0.1) is 5.82 Å². The maximum Gasteiger partial charge on any atom is 0.254 e. The van der Waals surface area contributed by atoms with E-state index >= 15 is 0 Å². The minimum Gasteiger partial charge on any atom is -0.351 e. The summed E-state index contributed by atoms with van der Waals surface area (Å²) in [6.07, 6.45) is 3.20. The molecule has 1 atom stereocenters. The number of benzene rings is 1. The molecule has 7 heteroatoms. The maximum absolute atomic E-state index is 13.6. The highest BCUT2D eigenvalue weighted by molar-refractivity contribution is 5.94. The molecule has 2 aliphatic rings. The van der Waals surface area contributed by atoms with Crippen LogP contribution in [-0.2, 0) is 4.79 Å². The Balaban J connectivity index is 1.37. The standard InChI is InChI=1S/C19H27FN4O2/c20-16-6-2-1-5-15(16)18(25)22-9-10-23-11-13-24(14-12-23)19(26)17-7-3-4-8-21-17/h1-2,5-6,17,21H,3-4,7-14H2,(H,22,25)/t17-/m1/s1. The average Bonchev–Trinajstić information content (AvgIpc) is 2.69. The fourth-order valence-corrected chi connectivity index (χ4v) is 3.54. The fraction of sp³-hybridized carbons (Fsp3) is 0.579. The number of amides is 2. The van der Waals surface area contributed by atoms with Crippen LogP contribution in [0.2, 0.25) is 0 Å². The van der Waals surface area contributed by atoms with Gasteiger partial charge in [-0.25, -0.2) is 4.39 Å². The molecule has 2 fully saturated rings. The van der Waals surface area contributed by atoms with E-state index in [9.17, 15) is 14.0 Å². The third kappa shape index (κ3) is 4.80. The van der Waals surface area contributed by atoms with E-state index in [0.29, 0.717) is 13.1 Å². The van der Waals surface area contributed by atoms with Crippen LogP contribution in [0.3, 0.4) is 0 Å². The summed E-state index contributed by atoms with van der Waals surface area (Å²) in [4.78, 5) is 28.7. The van der Waals surface area contributed by atoms with Crippen molar-refractivity contribution in [3.05, 3.63) is 35.6 Å². The van der Waals surface area contributed by atoms with Crippen LogP contribution in [0.15, 0.2) is 24.3 Å². The fourth-order valence-electron chi connectivity index (χ4n) is 3.54. The first kappa shape index (κ1) is 18.8. The van der Waals surface area contributed by atoms with Crippen LogP contribution in [0.5, 0.6) is 0 Å². The van der Waals surface area contributed by atoms with Crippen LogP contribution in [0.25, 0.3) is 0 Å². The molecule has 0 spiro atoms. The van der Waals surface area contributed by atoms with Crippen molar-refractivity contribution in [2.24, 2.45) is 0 Å². The number of carbonyl (C=O) groups is 2. The third-order valence-electron chi connectivity index (χ3n) is 5.12. The molecule has 2 amide bonds. The van der Waals surface area contributed by atoms with E-state index in [2.05, 4.69) is 15.5 Å². The summed E-state index contributed by atoms with van der Waals surface area (Å²) in [5.41, 5.74) is 0.0721. The lowest BCUT2D eigenvalue weighted by molar-refractivity contribution is -0.135. The van der Waals surface area contributed by atoms with Gasteiger partial charge in [-0.2, -0.15) is 0 Å². The minimum atomic E-state index is -0.506. The topological polar surface area (TPSA) is 64.7 Å². The smallest absolute Gasteiger partial charge is 0.254 e. The van der Waals surface area contributed by atoms with E-state index < -0.39 is 5.82 Å². The Hall–Kier alpha value is -1.99. The summed E-state index contributed by atoms with van der Waals surface area (Å²) in [6.45, 7) is 5.13. The first-order valence-corrected chi connectivity index (χ1v) is 9.42. The molecule has 3 rings (SSSR count). The van der Waals surface area contributed by atoms with Gasteiger partial charge in [0.2, 0.25) is 5.91 Å². The van der Waals surface area contributed by atoms with E-state index in [1.807, 2.05) is 4.90 Å². The van der Waals surface area contributed by atoms with Crippen LogP contribution >= 0.6 is 0 Å². The molecule has 0 aromatic heterocycles. The third-order valence-corrected chi connectivity index (χ3v) is 5.12. The predicted molar refractivity (Wildman–Crippen MR) is 97.4 cm³/mol. The van der Waals surface area contributed by atoms with Crippen molar-refractivity contribution in [2.75, 3.05) is 45.8 Å². The Bertz CT molecular complexity index is 626. The van der Waals surface area contributed by atoms with Crippen LogP contribution in [0.4, 0.5) is 4.39 Å². The summed E-state index contributed by atoms with van der Waals surface area (Å²) >= 11 is 0. The number of hydrogen-bond acceptors (Lipinski definition) is 4. The number of rotatable bonds is 5. The van der Waals surface area contributed by atoms with Gasteiger partial charge in [0.05, 0.1) is 11.6 Å². The molecule has 0 saturated carbocycles. The van der Waals surface area contributed by atoms with Crippen LogP contribution in [-0.4, -0.2) is 73.5 Å². The van der Waals surface area contributed by atoms with Gasteiger partial charge in [0.15, 0.2) is 0 Å². The van der Waals surface area contributed by atoms with Crippen LogP contribution in [0.1, 0.15) is 29.6 Å². The lowest BCUT2D eigenvalue weighted by Gasteiger charge is -2.37. The molecule has 142 valence electrons. The SMILES string of the molecule is O=C(NCCN1CCN(C(=O)[C@H]2CCCCN2)CC1)c1ccccc1F. The van der Waals surface area contributed by atoms with Crippen molar-refractivity contribution in [3.63, 3.8) is 0 Å². The number of piperazine rings is 1. The molecule has 0 unspecified atom stereocenters. The molecule has 1 aromatic rings. The number of piperidine rings is 1.